The molecule has 1 atom stereocenters. The van der Waals surface area contributed by atoms with Crippen LogP contribution in [0.1, 0.15) is 42.1 Å². The third-order valence-corrected chi connectivity index (χ3v) is 9.72. The fraction of sp³-hybridized carbons (Fsp3) is 0.333. The highest BCUT2D eigenvalue weighted by Crippen LogP contribution is 2.34. The Bertz CT molecular complexity index is 1680. The maximum atomic E-state index is 14.4. The lowest BCUT2D eigenvalue weighted by atomic mass is 10.1. The van der Waals surface area contributed by atoms with Crippen molar-refractivity contribution in [2.24, 2.45) is 7.05 Å². The normalized spacial score (nSPS) is 15.4. The van der Waals surface area contributed by atoms with Gasteiger partial charge >= 0.3 is 0 Å². The number of ether oxygens (including phenoxy) is 2. The Balaban J connectivity index is 1.55. The molecule has 0 radical (unpaired) electrons. The summed E-state index contributed by atoms with van der Waals surface area (Å²) in [7, 11) is -0.436. The number of methoxy groups -OCH3 is 1. The highest BCUT2D eigenvalue weighted by Gasteiger charge is 2.37. The summed E-state index contributed by atoms with van der Waals surface area (Å²) in [5.41, 5.74) is 4.16. The first-order valence-electron chi connectivity index (χ1n) is 14.4. The lowest BCUT2D eigenvalue weighted by Crippen LogP contribution is -2.45. The van der Waals surface area contributed by atoms with E-state index < -0.39 is 16.1 Å². The zero-order valence-corrected chi connectivity index (χ0v) is 25.6. The molecular formula is C33H37N5O4S. The highest BCUT2D eigenvalue weighted by molar-refractivity contribution is 7.89. The van der Waals surface area contributed by atoms with Gasteiger partial charge in [-0.2, -0.15) is 9.57 Å². The van der Waals surface area contributed by atoms with E-state index in [0.717, 1.165) is 41.1 Å². The van der Waals surface area contributed by atoms with Gasteiger partial charge < -0.3 is 18.9 Å². The van der Waals surface area contributed by atoms with Gasteiger partial charge in [0.05, 0.1) is 48.8 Å². The van der Waals surface area contributed by atoms with Gasteiger partial charge in [-0.15, -0.1) is 0 Å². The van der Waals surface area contributed by atoms with E-state index in [0.29, 0.717) is 37.4 Å². The molecule has 10 heteroatoms. The van der Waals surface area contributed by atoms with Crippen LogP contribution in [-0.2, 0) is 36.6 Å². The number of rotatable bonds is 11. The Morgan fingerprint density at radius 1 is 1.05 bits per heavy atom. The summed E-state index contributed by atoms with van der Waals surface area (Å²) in [6, 6.07) is 21.7. The summed E-state index contributed by atoms with van der Waals surface area (Å²) < 4.78 is 43.4. The number of unbranched alkanes of at least 4 members (excludes halogenated alkanes) is 1. The second kappa shape index (κ2) is 13.3. The monoisotopic (exact) mass is 599 g/mol. The van der Waals surface area contributed by atoms with Crippen molar-refractivity contribution < 1.29 is 17.9 Å². The van der Waals surface area contributed by atoms with Crippen LogP contribution >= 0.6 is 0 Å². The summed E-state index contributed by atoms with van der Waals surface area (Å²) >= 11 is 0. The second-order valence-corrected chi connectivity index (χ2v) is 12.7. The van der Waals surface area contributed by atoms with E-state index in [1.807, 2.05) is 48.1 Å². The summed E-state index contributed by atoms with van der Waals surface area (Å²) in [5, 5.41) is 9.68. The smallest absolute Gasteiger partial charge is 0.243 e. The number of hydrogen-bond donors (Lipinski definition) is 0. The first-order chi connectivity index (χ1) is 20.8. The number of fused-ring (bicyclic) bond motifs is 1. The molecular weight excluding hydrogens is 562 g/mol. The first kappa shape index (κ1) is 30.1. The van der Waals surface area contributed by atoms with Gasteiger partial charge in [-0.05, 0) is 78.6 Å². The van der Waals surface area contributed by atoms with Crippen LogP contribution in [0.5, 0.6) is 11.5 Å². The third kappa shape index (κ3) is 6.85. The molecule has 0 fully saturated rings. The number of sulfonamides is 1. The fourth-order valence-electron chi connectivity index (χ4n) is 5.37. The summed E-state index contributed by atoms with van der Waals surface area (Å²) in [6.45, 7) is 3.89. The molecule has 0 unspecified atom stereocenters. The van der Waals surface area contributed by atoms with Gasteiger partial charge in [-0.3, -0.25) is 0 Å². The lowest BCUT2D eigenvalue weighted by Gasteiger charge is -2.32. The van der Waals surface area contributed by atoms with Crippen LogP contribution in [0.4, 0.5) is 5.69 Å². The van der Waals surface area contributed by atoms with Crippen LogP contribution in [0.25, 0.3) is 0 Å². The Morgan fingerprint density at radius 2 is 1.79 bits per heavy atom. The molecule has 0 amide bonds. The third-order valence-electron chi connectivity index (χ3n) is 7.81. The number of nitriles is 1. The predicted octanol–water partition coefficient (Wildman–Crippen LogP) is 5.30. The van der Waals surface area contributed by atoms with E-state index in [1.165, 1.54) is 0 Å². The molecule has 0 N–H and O–H groups in total. The molecule has 2 heterocycles. The number of hydrogen-bond acceptors (Lipinski definition) is 7. The molecule has 3 aromatic carbocycles. The molecule has 224 valence electrons. The Morgan fingerprint density at radius 3 is 2.44 bits per heavy atom. The minimum absolute atomic E-state index is 0.129. The zero-order chi connectivity index (χ0) is 30.4. The van der Waals surface area contributed by atoms with Crippen molar-refractivity contribution in [1.29, 1.82) is 5.26 Å². The standard InChI is InChI=1S/C33H37N5O4S/c1-4-5-16-42-31-9-6-25(7-10-31)18-28-22-37(23-29-20-35-24-36(29)2)33-15-8-26(19-34)17-27(33)21-38(28)43(39,40)32-13-11-30(41-3)12-14-32/h6-15,17,20,24,28H,4-5,16,18,21-23H2,1-3H3/t28-/m1/s1. The fourth-order valence-corrected chi connectivity index (χ4v) is 6.97. The molecule has 4 aromatic rings. The second-order valence-electron chi connectivity index (χ2n) is 10.8. The van der Waals surface area contributed by atoms with Crippen molar-refractivity contribution in [2.75, 3.05) is 25.2 Å². The quantitative estimate of drug-likeness (QED) is 0.216. The number of nitrogens with zero attached hydrogens (tertiary/aromatic N) is 5. The van der Waals surface area contributed by atoms with Crippen LogP contribution < -0.4 is 14.4 Å². The van der Waals surface area contributed by atoms with E-state index >= 15 is 0 Å². The van der Waals surface area contributed by atoms with Gasteiger partial charge in [-0.25, -0.2) is 13.4 Å². The minimum atomic E-state index is -3.93. The van der Waals surface area contributed by atoms with E-state index in [-0.39, 0.29) is 11.4 Å². The van der Waals surface area contributed by atoms with E-state index in [9.17, 15) is 13.7 Å². The van der Waals surface area contributed by atoms with Crippen molar-refractivity contribution in [3.05, 3.63) is 102 Å². The largest absolute Gasteiger partial charge is 0.497 e. The average molecular weight is 600 g/mol. The molecule has 1 aliphatic rings. The van der Waals surface area contributed by atoms with E-state index in [2.05, 4.69) is 22.9 Å². The highest BCUT2D eigenvalue weighted by atomic mass is 32.2. The van der Waals surface area contributed by atoms with Crippen LogP contribution in [0, 0.1) is 11.3 Å². The molecule has 1 aliphatic heterocycles. The van der Waals surface area contributed by atoms with Crippen LogP contribution in [0.15, 0.2) is 84.1 Å². The van der Waals surface area contributed by atoms with Gasteiger partial charge in [0.15, 0.2) is 0 Å². The maximum Gasteiger partial charge on any atom is 0.243 e. The molecule has 0 saturated heterocycles. The predicted molar refractivity (Wildman–Crippen MR) is 165 cm³/mol. The lowest BCUT2D eigenvalue weighted by molar-refractivity contribution is 0.308. The van der Waals surface area contributed by atoms with Crippen molar-refractivity contribution in [1.82, 2.24) is 13.9 Å². The van der Waals surface area contributed by atoms with E-state index in [1.54, 1.807) is 54.1 Å². The molecule has 43 heavy (non-hydrogen) atoms. The number of imidazole rings is 1. The average Bonchev–Trinajstić information content (AvgIpc) is 3.36. The maximum absolute atomic E-state index is 14.4. The van der Waals surface area contributed by atoms with Gasteiger partial charge in [0.25, 0.3) is 0 Å². The Hall–Kier alpha value is -4.33. The van der Waals surface area contributed by atoms with Crippen molar-refractivity contribution in [2.45, 2.75) is 50.2 Å². The van der Waals surface area contributed by atoms with Crippen molar-refractivity contribution >= 4 is 15.7 Å². The van der Waals surface area contributed by atoms with Crippen LogP contribution in [0.2, 0.25) is 0 Å². The van der Waals surface area contributed by atoms with Crippen LogP contribution in [0.3, 0.4) is 0 Å². The summed E-state index contributed by atoms with van der Waals surface area (Å²) in [4.78, 5) is 6.68. The Kier molecular flexibility index (Phi) is 9.34. The molecule has 0 aliphatic carbocycles. The molecule has 1 aromatic heterocycles. The topological polar surface area (TPSA) is 101 Å². The van der Waals surface area contributed by atoms with Crippen LogP contribution in [-0.4, -0.2) is 48.6 Å². The number of aryl methyl sites for hydroxylation is 1. The Labute approximate surface area is 254 Å². The zero-order valence-electron chi connectivity index (χ0n) is 24.8. The molecule has 9 nitrogen and oxygen atoms in total. The number of benzene rings is 3. The summed E-state index contributed by atoms with van der Waals surface area (Å²) in [5.74, 6) is 1.38. The first-order valence-corrected chi connectivity index (χ1v) is 15.9. The van der Waals surface area contributed by atoms with Gasteiger partial charge in [0, 0.05) is 38.1 Å². The SMILES string of the molecule is CCCCOc1ccc(C[C@@H]2CN(Cc3cncn3C)c3ccc(C#N)cc3CN2S(=O)(=O)c2ccc(OC)cc2)cc1. The van der Waals surface area contributed by atoms with Gasteiger partial charge in [0.1, 0.15) is 11.5 Å². The number of aromatic nitrogens is 2. The molecule has 0 bridgehead atoms. The van der Waals surface area contributed by atoms with Gasteiger partial charge in [0.2, 0.25) is 10.0 Å². The summed E-state index contributed by atoms with van der Waals surface area (Å²) in [6.07, 6.45) is 6.13. The van der Waals surface area contributed by atoms with Crippen molar-refractivity contribution in [3.8, 4) is 17.6 Å². The van der Waals surface area contributed by atoms with Gasteiger partial charge in [-0.1, -0.05) is 25.5 Å². The molecule has 5 rings (SSSR count). The number of anilines is 1. The molecule has 0 spiro atoms. The van der Waals surface area contributed by atoms with E-state index in [4.69, 9.17) is 9.47 Å². The molecule has 0 saturated carbocycles. The van der Waals surface area contributed by atoms with Crippen molar-refractivity contribution in [3.63, 3.8) is 0 Å². The minimum Gasteiger partial charge on any atom is -0.497 e.